The van der Waals surface area contributed by atoms with E-state index in [0.29, 0.717) is 23.1 Å². The summed E-state index contributed by atoms with van der Waals surface area (Å²) in [6, 6.07) is 5.78. The molecule has 6 nitrogen and oxygen atoms in total. The molecule has 0 spiro atoms. The number of fused-ring (bicyclic) bond motifs is 2. The third-order valence-corrected chi connectivity index (χ3v) is 5.17. The maximum Gasteiger partial charge on any atom is 0.238 e. The van der Waals surface area contributed by atoms with E-state index in [4.69, 9.17) is 11.1 Å². The average molecular weight is 355 g/mol. The number of allylic oxidation sites excluding steroid dienone is 1. The van der Waals surface area contributed by atoms with Crippen LogP contribution in [-0.2, 0) is 11.2 Å². The fraction of sp³-hybridized carbons (Fsp3) is 0.421. The smallest absolute Gasteiger partial charge is 0.238 e. The number of carbonyl (C=O) groups excluding carboxylic acids is 1. The molecule has 7 heteroatoms. The molecule has 1 heterocycles. The van der Waals surface area contributed by atoms with Crippen LogP contribution in [0.15, 0.2) is 30.5 Å². The van der Waals surface area contributed by atoms with Crippen molar-refractivity contribution in [2.24, 2.45) is 11.7 Å². The molecule has 1 amide bonds. The molecule has 2 bridgehead atoms. The number of rotatable bonds is 6. The Morgan fingerprint density at radius 1 is 1.54 bits per heavy atom. The van der Waals surface area contributed by atoms with Crippen LogP contribution >= 0.6 is 0 Å². The first-order valence-corrected chi connectivity index (χ1v) is 8.73. The summed E-state index contributed by atoms with van der Waals surface area (Å²) in [6.07, 6.45) is 5.81. The largest absolute Gasteiger partial charge is 0.405 e. The molecule has 1 aromatic carbocycles. The van der Waals surface area contributed by atoms with Crippen LogP contribution in [-0.4, -0.2) is 29.7 Å². The van der Waals surface area contributed by atoms with E-state index >= 15 is 0 Å². The molecular formula is C19H22FN5O. The zero-order valence-corrected chi connectivity index (χ0v) is 14.3. The number of nitrogens with two attached hydrogens (primary N) is 1. The molecule has 2 aliphatic rings. The zero-order chi connectivity index (χ0) is 18.7. The van der Waals surface area contributed by atoms with Gasteiger partial charge in [0.1, 0.15) is 11.9 Å². The van der Waals surface area contributed by atoms with Gasteiger partial charge < -0.3 is 21.8 Å². The summed E-state index contributed by atoms with van der Waals surface area (Å²) in [5.41, 5.74) is 6.07. The molecule has 3 rings (SSSR count). The van der Waals surface area contributed by atoms with Gasteiger partial charge in [0.2, 0.25) is 5.91 Å². The van der Waals surface area contributed by atoms with Gasteiger partial charge in [0.05, 0.1) is 17.8 Å². The first-order chi connectivity index (χ1) is 12.5. The highest BCUT2D eigenvalue weighted by atomic mass is 19.1. The minimum atomic E-state index is -0.799. The molecular weight excluding hydrogens is 333 g/mol. The minimum Gasteiger partial charge on any atom is -0.405 e. The topological polar surface area (TPSA) is 115 Å². The van der Waals surface area contributed by atoms with Crippen molar-refractivity contribution in [3.05, 3.63) is 47.4 Å². The van der Waals surface area contributed by atoms with Gasteiger partial charge in [0.15, 0.2) is 0 Å². The van der Waals surface area contributed by atoms with Crippen molar-refractivity contribution in [2.45, 2.75) is 43.8 Å². The first-order valence-electron chi connectivity index (χ1n) is 8.73. The second kappa shape index (κ2) is 7.67. The number of halogens is 1. The Morgan fingerprint density at radius 2 is 2.35 bits per heavy atom. The van der Waals surface area contributed by atoms with Crippen molar-refractivity contribution in [1.29, 1.82) is 10.7 Å². The number of piperidine rings is 1. The summed E-state index contributed by atoms with van der Waals surface area (Å²) < 4.78 is 14.3. The van der Waals surface area contributed by atoms with Crippen LogP contribution in [0.25, 0.3) is 0 Å². The molecule has 1 unspecified atom stereocenters. The normalized spacial score (nSPS) is 25.2. The standard InChI is InChI=1S/C19H22FN5O/c20-16-9-12(17(23)5-6-21)2-1-11(16)7-15(10-22)25-19(26)18-13-3-4-14(8-13)24-18/h1-2,5-6,9,13-15,18,23-24H,3-4,7-8,21H2,(H,25,26)/b6-5-,23-17?/t13?,14-,15+,18+/m1/s1. The fourth-order valence-corrected chi connectivity index (χ4v) is 3.83. The molecule has 1 aliphatic heterocycles. The van der Waals surface area contributed by atoms with Crippen LogP contribution in [0.5, 0.6) is 0 Å². The lowest BCUT2D eigenvalue weighted by atomic mass is 9.98. The quantitative estimate of drug-likeness (QED) is 0.577. The second-order valence-electron chi connectivity index (χ2n) is 6.89. The highest BCUT2D eigenvalue weighted by molar-refractivity contribution is 6.06. The minimum absolute atomic E-state index is 0.0786. The van der Waals surface area contributed by atoms with Crippen molar-refractivity contribution in [2.75, 3.05) is 0 Å². The van der Waals surface area contributed by atoms with E-state index in [1.54, 1.807) is 6.07 Å². The Labute approximate surface area is 151 Å². The van der Waals surface area contributed by atoms with Crippen molar-refractivity contribution in [1.82, 2.24) is 10.6 Å². The second-order valence-corrected chi connectivity index (χ2v) is 6.89. The van der Waals surface area contributed by atoms with E-state index in [-0.39, 0.29) is 24.1 Å². The Kier molecular flexibility index (Phi) is 5.33. The van der Waals surface area contributed by atoms with Crippen LogP contribution in [0.4, 0.5) is 4.39 Å². The van der Waals surface area contributed by atoms with Gasteiger partial charge in [0.25, 0.3) is 0 Å². The molecule has 2 fully saturated rings. The number of carbonyl (C=O) groups is 1. The number of benzene rings is 1. The molecule has 4 atom stereocenters. The molecule has 0 aromatic heterocycles. The molecule has 136 valence electrons. The number of amides is 1. The van der Waals surface area contributed by atoms with E-state index in [2.05, 4.69) is 10.6 Å². The number of nitrogens with one attached hydrogen (secondary N) is 3. The molecule has 1 saturated heterocycles. The van der Waals surface area contributed by atoms with E-state index in [0.717, 1.165) is 19.3 Å². The Bertz CT molecular complexity index is 785. The maximum absolute atomic E-state index is 14.3. The van der Waals surface area contributed by atoms with Crippen molar-refractivity contribution in [3.63, 3.8) is 0 Å². The zero-order valence-electron chi connectivity index (χ0n) is 14.3. The SMILES string of the molecule is N#C[C@H](Cc1ccc(C(=N)/C=C\N)cc1F)NC(=O)[C@H]1N[C@@H]2CCC1C2. The number of hydrogen-bond acceptors (Lipinski definition) is 5. The lowest BCUT2D eigenvalue weighted by Crippen LogP contribution is -2.50. The van der Waals surface area contributed by atoms with Gasteiger partial charge in [-0.05, 0) is 49.1 Å². The van der Waals surface area contributed by atoms with E-state index in [1.165, 1.54) is 24.4 Å². The van der Waals surface area contributed by atoms with Crippen molar-refractivity contribution < 1.29 is 9.18 Å². The Hall–Kier alpha value is -2.72. The van der Waals surface area contributed by atoms with Crippen molar-refractivity contribution in [3.8, 4) is 6.07 Å². The predicted molar refractivity (Wildman–Crippen MR) is 95.9 cm³/mol. The van der Waals surface area contributed by atoms with Gasteiger partial charge in [-0.3, -0.25) is 4.79 Å². The van der Waals surface area contributed by atoms with E-state index in [9.17, 15) is 14.4 Å². The van der Waals surface area contributed by atoms with Crippen LogP contribution in [0.2, 0.25) is 0 Å². The van der Waals surface area contributed by atoms with Crippen LogP contribution < -0.4 is 16.4 Å². The average Bonchev–Trinajstić information content (AvgIpc) is 3.26. The molecule has 1 saturated carbocycles. The Morgan fingerprint density at radius 3 is 2.92 bits per heavy atom. The molecule has 1 aliphatic carbocycles. The highest BCUT2D eigenvalue weighted by Crippen LogP contribution is 2.35. The summed E-state index contributed by atoms with van der Waals surface area (Å²) in [5, 5.41) is 23.1. The summed E-state index contributed by atoms with van der Waals surface area (Å²) in [6.45, 7) is 0. The third-order valence-electron chi connectivity index (χ3n) is 5.17. The molecule has 0 radical (unpaired) electrons. The van der Waals surface area contributed by atoms with Crippen molar-refractivity contribution >= 4 is 11.6 Å². The van der Waals surface area contributed by atoms with Gasteiger partial charge in [-0.15, -0.1) is 0 Å². The molecule has 5 N–H and O–H groups in total. The lowest BCUT2D eigenvalue weighted by Gasteiger charge is -2.23. The van der Waals surface area contributed by atoms with Gasteiger partial charge >= 0.3 is 0 Å². The predicted octanol–water partition coefficient (Wildman–Crippen LogP) is 1.36. The molecule has 1 aromatic rings. The number of nitriles is 1. The molecule has 26 heavy (non-hydrogen) atoms. The van der Waals surface area contributed by atoms with Gasteiger partial charge in [0, 0.05) is 18.0 Å². The Balaban J connectivity index is 1.64. The van der Waals surface area contributed by atoms with Crippen LogP contribution in [0.1, 0.15) is 30.4 Å². The fourth-order valence-electron chi connectivity index (χ4n) is 3.83. The van der Waals surface area contributed by atoms with Crippen LogP contribution in [0.3, 0.4) is 0 Å². The number of nitrogens with zero attached hydrogens (tertiary/aromatic N) is 1. The summed E-state index contributed by atoms with van der Waals surface area (Å²) in [7, 11) is 0. The van der Waals surface area contributed by atoms with E-state index < -0.39 is 11.9 Å². The third kappa shape index (κ3) is 3.75. The monoisotopic (exact) mass is 355 g/mol. The van der Waals surface area contributed by atoms with Gasteiger partial charge in [-0.2, -0.15) is 5.26 Å². The summed E-state index contributed by atoms with van der Waals surface area (Å²) >= 11 is 0. The van der Waals surface area contributed by atoms with E-state index in [1.807, 2.05) is 6.07 Å². The maximum atomic E-state index is 14.3. The van der Waals surface area contributed by atoms with Crippen LogP contribution in [0, 0.1) is 28.5 Å². The highest BCUT2D eigenvalue weighted by Gasteiger charge is 2.43. The van der Waals surface area contributed by atoms with Gasteiger partial charge in [-0.1, -0.05) is 12.1 Å². The summed E-state index contributed by atoms with van der Waals surface area (Å²) in [5.74, 6) is -0.363. The van der Waals surface area contributed by atoms with Gasteiger partial charge in [-0.25, -0.2) is 4.39 Å². The first kappa shape index (κ1) is 18.1. The summed E-state index contributed by atoms with van der Waals surface area (Å²) in [4.78, 5) is 12.4. The lowest BCUT2D eigenvalue weighted by molar-refractivity contribution is -0.124. The number of hydrogen-bond donors (Lipinski definition) is 4.